The molecule has 1 amide bonds. The third-order valence-electron chi connectivity index (χ3n) is 4.17. The molecule has 2 N–H and O–H groups in total. The zero-order valence-corrected chi connectivity index (χ0v) is 13.0. The average molecular weight is 269 g/mol. The Hall–Kier alpha value is -0.610. The molecular formula is C15H31N3O. The Kier molecular flexibility index (Phi) is 7.39. The summed E-state index contributed by atoms with van der Waals surface area (Å²) < 4.78 is 0. The van der Waals surface area contributed by atoms with E-state index in [1.165, 1.54) is 6.42 Å². The zero-order valence-electron chi connectivity index (χ0n) is 13.0. The molecule has 1 aliphatic rings. The maximum atomic E-state index is 12.0. The van der Waals surface area contributed by atoms with Crippen molar-refractivity contribution in [3.63, 3.8) is 0 Å². The van der Waals surface area contributed by atoms with E-state index in [1.54, 1.807) is 0 Å². The summed E-state index contributed by atoms with van der Waals surface area (Å²) in [5.41, 5.74) is 0. The number of nitrogens with one attached hydrogen (secondary N) is 2. The van der Waals surface area contributed by atoms with Gasteiger partial charge in [0.15, 0.2) is 0 Å². The smallest absolute Gasteiger partial charge is 0.237 e. The van der Waals surface area contributed by atoms with E-state index >= 15 is 0 Å². The molecule has 1 heterocycles. The molecule has 0 aromatic heterocycles. The lowest BCUT2D eigenvalue weighted by Crippen LogP contribution is -2.51. The van der Waals surface area contributed by atoms with Crippen molar-refractivity contribution in [1.82, 2.24) is 15.5 Å². The van der Waals surface area contributed by atoms with Gasteiger partial charge in [-0.3, -0.25) is 4.79 Å². The van der Waals surface area contributed by atoms with Crippen LogP contribution in [-0.2, 0) is 4.79 Å². The molecule has 1 saturated heterocycles. The molecule has 1 aliphatic heterocycles. The predicted molar refractivity (Wildman–Crippen MR) is 80.2 cm³/mol. The number of amides is 1. The van der Waals surface area contributed by atoms with Gasteiger partial charge in [0.05, 0.1) is 6.04 Å². The summed E-state index contributed by atoms with van der Waals surface area (Å²) in [6.45, 7) is 9.45. The summed E-state index contributed by atoms with van der Waals surface area (Å²) in [7, 11) is 2.15. The Balaban J connectivity index is 2.10. The molecule has 0 radical (unpaired) electrons. The first-order valence-electron chi connectivity index (χ1n) is 7.73. The molecule has 0 bridgehead atoms. The number of nitrogens with zero attached hydrogens (tertiary/aromatic N) is 1. The topological polar surface area (TPSA) is 44.4 Å². The van der Waals surface area contributed by atoms with Gasteiger partial charge in [-0.15, -0.1) is 0 Å². The molecule has 0 saturated carbocycles. The van der Waals surface area contributed by atoms with Gasteiger partial charge in [0, 0.05) is 12.6 Å². The normalized spacial score (nSPS) is 23.9. The van der Waals surface area contributed by atoms with Crippen LogP contribution in [0, 0.1) is 5.92 Å². The fraction of sp³-hybridized carbons (Fsp3) is 0.933. The molecule has 19 heavy (non-hydrogen) atoms. The number of rotatable bonds is 7. The summed E-state index contributed by atoms with van der Waals surface area (Å²) >= 11 is 0. The molecule has 0 aromatic carbocycles. The molecule has 1 rings (SSSR count). The van der Waals surface area contributed by atoms with Crippen molar-refractivity contribution in [2.75, 3.05) is 26.7 Å². The highest BCUT2D eigenvalue weighted by Gasteiger charge is 2.26. The molecule has 4 heteroatoms. The van der Waals surface area contributed by atoms with E-state index in [0.717, 1.165) is 38.9 Å². The fourth-order valence-corrected chi connectivity index (χ4v) is 2.47. The molecular weight excluding hydrogens is 238 g/mol. The van der Waals surface area contributed by atoms with Gasteiger partial charge in [0.25, 0.3) is 0 Å². The van der Waals surface area contributed by atoms with E-state index in [2.05, 4.69) is 43.4 Å². The Labute approximate surface area is 118 Å². The van der Waals surface area contributed by atoms with E-state index in [-0.39, 0.29) is 11.9 Å². The largest absolute Gasteiger partial charge is 0.355 e. The van der Waals surface area contributed by atoms with E-state index < -0.39 is 0 Å². The van der Waals surface area contributed by atoms with Crippen LogP contribution in [0.25, 0.3) is 0 Å². The van der Waals surface area contributed by atoms with Crippen LogP contribution in [0.5, 0.6) is 0 Å². The van der Waals surface area contributed by atoms with Gasteiger partial charge in [-0.2, -0.15) is 0 Å². The van der Waals surface area contributed by atoms with Gasteiger partial charge in [-0.25, -0.2) is 0 Å². The van der Waals surface area contributed by atoms with Crippen molar-refractivity contribution in [3.8, 4) is 0 Å². The number of piperidine rings is 1. The third kappa shape index (κ3) is 5.91. The lowest BCUT2D eigenvalue weighted by Gasteiger charge is -2.29. The van der Waals surface area contributed by atoms with Crippen molar-refractivity contribution in [3.05, 3.63) is 0 Å². The molecule has 1 fully saturated rings. The van der Waals surface area contributed by atoms with Crippen molar-refractivity contribution < 1.29 is 4.79 Å². The number of carbonyl (C=O) groups excluding carboxylic acids is 1. The second kappa shape index (κ2) is 8.54. The first kappa shape index (κ1) is 16.4. The summed E-state index contributed by atoms with van der Waals surface area (Å²) in [5.74, 6) is 0.644. The minimum atomic E-state index is 0.0205. The maximum absolute atomic E-state index is 12.0. The Morgan fingerprint density at radius 1 is 1.42 bits per heavy atom. The van der Waals surface area contributed by atoms with E-state index in [9.17, 15) is 4.79 Å². The Morgan fingerprint density at radius 3 is 2.79 bits per heavy atom. The fourth-order valence-electron chi connectivity index (χ4n) is 2.47. The molecule has 2 atom stereocenters. The standard InChI is InChI=1S/C15H31N3O/c1-12(2)18(4)11-6-5-9-17-15(19)14-13(3)8-7-10-16-14/h12-14,16H,5-11H2,1-4H3,(H,17,19). The van der Waals surface area contributed by atoms with E-state index in [0.29, 0.717) is 12.0 Å². The number of unbranched alkanes of at least 4 members (excludes halogenated alkanes) is 1. The maximum Gasteiger partial charge on any atom is 0.237 e. The number of hydrogen-bond donors (Lipinski definition) is 2. The van der Waals surface area contributed by atoms with Crippen LogP contribution in [0.2, 0.25) is 0 Å². The minimum absolute atomic E-state index is 0.0205. The van der Waals surface area contributed by atoms with Gasteiger partial charge in [-0.05, 0) is 65.6 Å². The molecule has 0 aliphatic carbocycles. The lowest BCUT2D eigenvalue weighted by atomic mass is 9.92. The van der Waals surface area contributed by atoms with Gasteiger partial charge in [0.2, 0.25) is 5.91 Å². The summed E-state index contributed by atoms with van der Waals surface area (Å²) in [5, 5.41) is 6.39. The highest BCUT2D eigenvalue weighted by molar-refractivity contribution is 5.82. The molecule has 0 spiro atoms. The Bertz CT molecular complexity index is 268. The lowest BCUT2D eigenvalue weighted by molar-refractivity contribution is -0.124. The van der Waals surface area contributed by atoms with Crippen LogP contribution in [0.15, 0.2) is 0 Å². The minimum Gasteiger partial charge on any atom is -0.355 e. The molecule has 2 unspecified atom stereocenters. The van der Waals surface area contributed by atoms with Crippen molar-refractivity contribution in [2.24, 2.45) is 5.92 Å². The Morgan fingerprint density at radius 2 is 2.16 bits per heavy atom. The van der Waals surface area contributed by atoms with Crippen LogP contribution in [0.1, 0.15) is 46.5 Å². The number of carbonyl (C=O) groups is 1. The average Bonchev–Trinajstić information content (AvgIpc) is 2.38. The molecule has 0 aromatic rings. The van der Waals surface area contributed by atoms with Crippen molar-refractivity contribution in [1.29, 1.82) is 0 Å². The van der Waals surface area contributed by atoms with Gasteiger partial charge < -0.3 is 15.5 Å². The van der Waals surface area contributed by atoms with Crippen LogP contribution in [0.4, 0.5) is 0 Å². The molecule has 112 valence electrons. The quantitative estimate of drug-likeness (QED) is 0.690. The summed E-state index contributed by atoms with van der Waals surface area (Å²) in [6, 6.07) is 0.619. The van der Waals surface area contributed by atoms with Crippen LogP contribution in [0.3, 0.4) is 0 Å². The first-order valence-corrected chi connectivity index (χ1v) is 7.73. The monoisotopic (exact) mass is 269 g/mol. The van der Waals surface area contributed by atoms with Gasteiger partial charge in [-0.1, -0.05) is 6.92 Å². The van der Waals surface area contributed by atoms with E-state index in [4.69, 9.17) is 0 Å². The summed E-state index contributed by atoms with van der Waals surface area (Å²) in [4.78, 5) is 14.4. The van der Waals surface area contributed by atoms with Gasteiger partial charge >= 0.3 is 0 Å². The summed E-state index contributed by atoms with van der Waals surface area (Å²) in [6.07, 6.45) is 4.54. The van der Waals surface area contributed by atoms with Crippen molar-refractivity contribution in [2.45, 2.75) is 58.5 Å². The number of hydrogen-bond acceptors (Lipinski definition) is 3. The molecule has 4 nitrogen and oxygen atoms in total. The van der Waals surface area contributed by atoms with Crippen molar-refractivity contribution >= 4 is 5.91 Å². The second-order valence-electron chi connectivity index (χ2n) is 6.12. The van der Waals surface area contributed by atoms with Crippen LogP contribution < -0.4 is 10.6 Å². The van der Waals surface area contributed by atoms with Gasteiger partial charge in [0.1, 0.15) is 0 Å². The second-order valence-corrected chi connectivity index (χ2v) is 6.12. The van der Waals surface area contributed by atoms with Crippen LogP contribution >= 0.6 is 0 Å². The van der Waals surface area contributed by atoms with E-state index in [1.807, 2.05) is 0 Å². The third-order valence-corrected chi connectivity index (χ3v) is 4.17. The highest BCUT2D eigenvalue weighted by Crippen LogP contribution is 2.15. The predicted octanol–water partition coefficient (Wildman–Crippen LogP) is 1.61. The SMILES string of the molecule is CC1CCCNC1C(=O)NCCCCN(C)C(C)C. The first-order chi connectivity index (χ1) is 9.02. The zero-order chi connectivity index (χ0) is 14.3. The highest BCUT2D eigenvalue weighted by atomic mass is 16.2. The van der Waals surface area contributed by atoms with Crippen LogP contribution in [-0.4, -0.2) is 49.6 Å².